The maximum absolute atomic E-state index is 12.6. The van der Waals surface area contributed by atoms with Crippen LogP contribution in [0, 0.1) is 0 Å². The van der Waals surface area contributed by atoms with Gasteiger partial charge in [0.15, 0.2) is 21.3 Å². The van der Waals surface area contributed by atoms with Crippen molar-refractivity contribution in [1.29, 1.82) is 0 Å². The van der Waals surface area contributed by atoms with Gasteiger partial charge in [-0.1, -0.05) is 11.6 Å². The monoisotopic (exact) mass is 345 g/mol. The summed E-state index contributed by atoms with van der Waals surface area (Å²) in [6.07, 6.45) is 1.78. The third-order valence-corrected chi connectivity index (χ3v) is 6.18. The second kappa shape index (κ2) is 5.62. The average molecular weight is 346 g/mol. The highest BCUT2D eigenvalue weighted by Gasteiger charge is 2.35. The van der Waals surface area contributed by atoms with E-state index in [0.29, 0.717) is 24.7 Å². The summed E-state index contributed by atoms with van der Waals surface area (Å²) < 4.78 is 36.0. The Bertz CT molecular complexity index is 714. The number of fused-ring (bicyclic) bond motifs is 1. The first-order chi connectivity index (χ1) is 10.4. The van der Waals surface area contributed by atoms with Gasteiger partial charge in [-0.05, 0) is 19.8 Å². The number of hydrogen-bond acceptors (Lipinski definition) is 5. The highest BCUT2D eigenvalue weighted by molar-refractivity contribution is 7.92. The molecule has 1 aliphatic carbocycles. The van der Waals surface area contributed by atoms with Crippen LogP contribution in [0.25, 0.3) is 0 Å². The minimum Gasteiger partial charge on any atom is -0.486 e. The first kappa shape index (κ1) is 15.4. The van der Waals surface area contributed by atoms with Crippen LogP contribution in [0.3, 0.4) is 0 Å². The Hall–Kier alpha value is -1.47. The van der Waals surface area contributed by atoms with E-state index >= 15 is 0 Å². The minimum absolute atomic E-state index is 0.0234. The van der Waals surface area contributed by atoms with Crippen LogP contribution in [0.5, 0.6) is 11.5 Å². The number of sulfone groups is 1. The van der Waals surface area contributed by atoms with E-state index in [1.54, 1.807) is 0 Å². The molecular weight excluding hydrogens is 330 g/mol. The second-order valence-corrected chi connectivity index (χ2v) is 8.04. The van der Waals surface area contributed by atoms with Crippen molar-refractivity contribution < 1.29 is 22.7 Å². The van der Waals surface area contributed by atoms with Crippen molar-refractivity contribution in [2.24, 2.45) is 0 Å². The number of benzene rings is 1. The summed E-state index contributed by atoms with van der Waals surface area (Å²) in [6.45, 7) is 2.08. The number of nitrogens with one attached hydrogen (secondary N) is 1. The highest BCUT2D eigenvalue weighted by Crippen LogP contribution is 2.38. The molecule has 1 aliphatic heterocycles. The first-order valence-electron chi connectivity index (χ1n) is 7.03. The SMILES string of the molecule is CC(C(=O)NC1CC1)S(=O)(=O)c1cc2c(cc1Cl)OCCO2. The summed E-state index contributed by atoms with van der Waals surface area (Å²) in [7, 11) is -3.90. The first-order valence-corrected chi connectivity index (χ1v) is 8.95. The zero-order chi connectivity index (χ0) is 15.9. The molecule has 1 amide bonds. The zero-order valence-corrected chi connectivity index (χ0v) is 13.5. The zero-order valence-electron chi connectivity index (χ0n) is 12.0. The molecule has 22 heavy (non-hydrogen) atoms. The van der Waals surface area contributed by atoms with E-state index in [1.807, 2.05) is 0 Å². The van der Waals surface area contributed by atoms with Crippen molar-refractivity contribution >= 4 is 27.3 Å². The molecule has 1 saturated carbocycles. The van der Waals surface area contributed by atoms with Crippen LogP contribution in [-0.2, 0) is 14.6 Å². The second-order valence-electron chi connectivity index (χ2n) is 5.40. The Kier molecular flexibility index (Phi) is 3.94. The van der Waals surface area contributed by atoms with Gasteiger partial charge in [-0.25, -0.2) is 8.42 Å². The molecule has 2 aliphatic rings. The molecule has 3 rings (SSSR count). The van der Waals surface area contributed by atoms with Gasteiger partial charge in [-0.15, -0.1) is 0 Å². The number of hydrogen-bond donors (Lipinski definition) is 1. The van der Waals surface area contributed by atoms with Crippen LogP contribution in [-0.4, -0.2) is 38.8 Å². The van der Waals surface area contributed by atoms with Crippen LogP contribution in [0.4, 0.5) is 0 Å². The number of amides is 1. The molecule has 1 aromatic carbocycles. The van der Waals surface area contributed by atoms with Crippen molar-refractivity contribution in [3.8, 4) is 11.5 Å². The summed E-state index contributed by atoms with van der Waals surface area (Å²) in [5, 5.41) is 1.50. The third-order valence-electron chi connectivity index (χ3n) is 3.66. The van der Waals surface area contributed by atoms with Crippen LogP contribution in [0.1, 0.15) is 19.8 Å². The van der Waals surface area contributed by atoms with Gasteiger partial charge >= 0.3 is 0 Å². The van der Waals surface area contributed by atoms with Gasteiger partial charge in [0.25, 0.3) is 0 Å². The minimum atomic E-state index is -3.90. The van der Waals surface area contributed by atoms with Gasteiger partial charge in [0, 0.05) is 18.2 Å². The van der Waals surface area contributed by atoms with Crippen LogP contribution in [0.2, 0.25) is 5.02 Å². The van der Waals surface area contributed by atoms with E-state index in [9.17, 15) is 13.2 Å². The summed E-state index contributed by atoms with van der Waals surface area (Å²) in [6, 6.07) is 2.84. The van der Waals surface area contributed by atoms with E-state index in [2.05, 4.69) is 5.32 Å². The van der Waals surface area contributed by atoms with Crippen molar-refractivity contribution in [3.05, 3.63) is 17.2 Å². The lowest BCUT2D eigenvalue weighted by Gasteiger charge is -2.21. The molecule has 0 saturated heterocycles. The number of carbonyl (C=O) groups excluding carboxylic acids is 1. The molecule has 1 fully saturated rings. The molecule has 0 spiro atoms. The average Bonchev–Trinajstić information content (AvgIpc) is 3.29. The van der Waals surface area contributed by atoms with E-state index in [4.69, 9.17) is 21.1 Å². The molecule has 6 nitrogen and oxygen atoms in total. The molecule has 1 heterocycles. The molecule has 0 bridgehead atoms. The molecule has 0 radical (unpaired) electrons. The molecule has 1 aromatic rings. The van der Waals surface area contributed by atoms with E-state index in [1.165, 1.54) is 19.1 Å². The van der Waals surface area contributed by atoms with Crippen molar-refractivity contribution in [2.75, 3.05) is 13.2 Å². The van der Waals surface area contributed by atoms with E-state index in [-0.39, 0.29) is 16.0 Å². The Morgan fingerprint density at radius 3 is 2.45 bits per heavy atom. The Morgan fingerprint density at radius 2 is 1.86 bits per heavy atom. The molecular formula is C14H16ClNO5S. The van der Waals surface area contributed by atoms with Crippen LogP contribution >= 0.6 is 11.6 Å². The Morgan fingerprint density at radius 1 is 1.27 bits per heavy atom. The predicted octanol–water partition coefficient (Wildman–Crippen LogP) is 1.55. The van der Waals surface area contributed by atoms with Gasteiger partial charge in [0.05, 0.1) is 9.92 Å². The quantitative estimate of drug-likeness (QED) is 0.895. The number of ether oxygens (including phenoxy) is 2. The normalized spacial score (nSPS) is 18.6. The summed E-state index contributed by atoms with van der Waals surface area (Å²) in [5.41, 5.74) is 0. The fraction of sp³-hybridized carbons (Fsp3) is 0.500. The predicted molar refractivity (Wildman–Crippen MR) is 80.3 cm³/mol. The number of halogens is 1. The molecule has 120 valence electrons. The number of carbonyl (C=O) groups is 1. The molecule has 1 unspecified atom stereocenters. The van der Waals surface area contributed by atoms with Crippen molar-refractivity contribution in [2.45, 2.75) is 36.0 Å². The van der Waals surface area contributed by atoms with E-state index in [0.717, 1.165) is 12.8 Å². The Labute approximate surface area is 133 Å². The fourth-order valence-electron chi connectivity index (χ4n) is 2.14. The largest absolute Gasteiger partial charge is 0.486 e. The van der Waals surface area contributed by atoms with Gasteiger partial charge in [-0.3, -0.25) is 4.79 Å². The lowest BCUT2D eigenvalue weighted by molar-refractivity contribution is -0.120. The van der Waals surface area contributed by atoms with Crippen molar-refractivity contribution in [1.82, 2.24) is 5.32 Å². The maximum Gasteiger partial charge on any atom is 0.238 e. The third kappa shape index (κ3) is 2.87. The molecule has 1 atom stereocenters. The maximum atomic E-state index is 12.6. The van der Waals surface area contributed by atoms with Gasteiger partial charge < -0.3 is 14.8 Å². The van der Waals surface area contributed by atoms with E-state index < -0.39 is 21.0 Å². The fourth-order valence-corrected chi connectivity index (χ4v) is 3.95. The summed E-state index contributed by atoms with van der Waals surface area (Å²) >= 11 is 6.07. The standard InChI is InChI=1S/C14H16ClNO5S/c1-8(14(17)16-9-2-3-9)22(18,19)13-7-12-11(6-10(13)15)20-4-5-21-12/h6-9H,2-5H2,1H3,(H,16,17). The van der Waals surface area contributed by atoms with Crippen LogP contribution < -0.4 is 14.8 Å². The Balaban J connectivity index is 1.92. The lowest BCUT2D eigenvalue weighted by atomic mass is 10.3. The van der Waals surface area contributed by atoms with Gasteiger partial charge in [0.1, 0.15) is 18.5 Å². The van der Waals surface area contributed by atoms with Gasteiger partial charge in [-0.2, -0.15) is 0 Å². The number of rotatable bonds is 4. The smallest absolute Gasteiger partial charge is 0.238 e. The topological polar surface area (TPSA) is 81.7 Å². The van der Waals surface area contributed by atoms with Crippen molar-refractivity contribution in [3.63, 3.8) is 0 Å². The molecule has 1 N–H and O–H groups in total. The summed E-state index contributed by atoms with van der Waals surface area (Å²) in [5.74, 6) is 0.225. The highest BCUT2D eigenvalue weighted by atomic mass is 35.5. The van der Waals surface area contributed by atoms with Gasteiger partial charge in [0.2, 0.25) is 5.91 Å². The molecule has 0 aromatic heterocycles. The van der Waals surface area contributed by atoms with Crippen LogP contribution in [0.15, 0.2) is 17.0 Å². The lowest BCUT2D eigenvalue weighted by Crippen LogP contribution is -2.39. The summed E-state index contributed by atoms with van der Waals surface area (Å²) in [4.78, 5) is 11.9. The molecule has 8 heteroatoms.